The zero-order valence-corrected chi connectivity index (χ0v) is 9.40. The number of nitrogens with one attached hydrogen (secondary N) is 1. The van der Waals surface area contributed by atoms with Gasteiger partial charge in [0.25, 0.3) is 16.4 Å². The predicted molar refractivity (Wildman–Crippen MR) is 51.1 cm³/mol. The molecule has 0 amide bonds. The first-order valence-corrected chi connectivity index (χ1v) is 5.81. The monoisotopic (exact) mass is 302 g/mol. The van der Waals surface area contributed by atoms with Gasteiger partial charge in [0.15, 0.2) is 10.5 Å². The molecule has 0 aliphatic carbocycles. The van der Waals surface area contributed by atoms with Crippen molar-refractivity contribution in [3.05, 3.63) is 26.5 Å². The van der Waals surface area contributed by atoms with Crippen LogP contribution in [0.3, 0.4) is 0 Å². The van der Waals surface area contributed by atoms with Crippen LogP contribution in [0.4, 0.5) is 8.78 Å². The SMILES string of the molecule is NS(=O)(=O)c1cc(=O)c(Br)c(C(F)F)[nH]1. The summed E-state index contributed by atoms with van der Waals surface area (Å²) in [5.41, 5.74) is -1.69. The molecule has 9 heteroatoms. The fraction of sp³-hybridized carbons (Fsp3) is 0.167. The molecule has 1 rings (SSSR count). The second-order valence-electron chi connectivity index (χ2n) is 2.57. The maximum absolute atomic E-state index is 12.3. The Hall–Kier alpha value is -0.800. The largest absolute Gasteiger partial charge is 0.343 e. The number of hydrogen-bond acceptors (Lipinski definition) is 3. The van der Waals surface area contributed by atoms with Gasteiger partial charge in [-0.25, -0.2) is 22.3 Å². The minimum Gasteiger partial charge on any atom is -0.343 e. The van der Waals surface area contributed by atoms with Crippen LogP contribution in [0.1, 0.15) is 12.1 Å². The number of sulfonamides is 1. The Morgan fingerprint density at radius 2 is 2.00 bits per heavy atom. The van der Waals surface area contributed by atoms with Crippen LogP contribution < -0.4 is 10.6 Å². The average Bonchev–Trinajstić information content (AvgIpc) is 2.06. The molecule has 0 aliphatic heterocycles. The van der Waals surface area contributed by atoms with Crippen LogP contribution >= 0.6 is 15.9 Å². The fourth-order valence-corrected chi connectivity index (χ4v) is 1.75. The number of primary sulfonamides is 1. The molecule has 0 unspecified atom stereocenters. The van der Waals surface area contributed by atoms with Gasteiger partial charge in [-0.2, -0.15) is 0 Å². The lowest BCUT2D eigenvalue weighted by molar-refractivity contribution is 0.144. The lowest BCUT2D eigenvalue weighted by atomic mass is 10.3. The zero-order valence-electron chi connectivity index (χ0n) is 7.00. The van der Waals surface area contributed by atoms with E-state index in [9.17, 15) is 22.0 Å². The Morgan fingerprint density at radius 1 is 1.47 bits per heavy atom. The first-order chi connectivity index (χ1) is 6.73. The quantitative estimate of drug-likeness (QED) is 0.843. The third-order valence-electron chi connectivity index (χ3n) is 1.50. The third kappa shape index (κ3) is 2.61. The molecule has 1 heterocycles. The summed E-state index contributed by atoms with van der Waals surface area (Å²) in [5.74, 6) is 0. The molecule has 0 atom stereocenters. The number of aromatic nitrogens is 1. The van der Waals surface area contributed by atoms with Crippen LogP contribution in [0.2, 0.25) is 0 Å². The van der Waals surface area contributed by atoms with Gasteiger partial charge in [-0.3, -0.25) is 4.79 Å². The van der Waals surface area contributed by atoms with Gasteiger partial charge < -0.3 is 4.98 Å². The molecular weight excluding hydrogens is 298 g/mol. The first-order valence-electron chi connectivity index (χ1n) is 3.47. The predicted octanol–water partition coefficient (Wildman–Crippen LogP) is 0.722. The Kier molecular flexibility index (Phi) is 3.26. The van der Waals surface area contributed by atoms with Crippen molar-refractivity contribution in [2.24, 2.45) is 5.14 Å². The van der Waals surface area contributed by atoms with Crippen molar-refractivity contribution in [3.8, 4) is 0 Å². The first kappa shape index (κ1) is 12.3. The van der Waals surface area contributed by atoms with Crippen LogP contribution in [-0.2, 0) is 10.0 Å². The highest BCUT2D eigenvalue weighted by Crippen LogP contribution is 2.23. The van der Waals surface area contributed by atoms with Gasteiger partial charge in [-0.1, -0.05) is 0 Å². The van der Waals surface area contributed by atoms with Gasteiger partial charge in [0.1, 0.15) is 5.69 Å². The molecule has 0 aliphatic rings. The van der Waals surface area contributed by atoms with Gasteiger partial charge >= 0.3 is 0 Å². The van der Waals surface area contributed by atoms with Crippen molar-refractivity contribution >= 4 is 26.0 Å². The molecule has 0 spiro atoms. The van der Waals surface area contributed by atoms with E-state index in [1.165, 1.54) is 0 Å². The average molecular weight is 303 g/mol. The number of pyridine rings is 1. The molecular formula is C6H5BrF2N2O3S. The molecule has 1 aromatic heterocycles. The molecule has 0 saturated carbocycles. The topological polar surface area (TPSA) is 93.0 Å². The fourth-order valence-electron chi connectivity index (χ4n) is 0.842. The van der Waals surface area contributed by atoms with Gasteiger partial charge in [-0.15, -0.1) is 0 Å². The van der Waals surface area contributed by atoms with Crippen molar-refractivity contribution in [1.82, 2.24) is 4.98 Å². The normalized spacial score (nSPS) is 12.1. The summed E-state index contributed by atoms with van der Waals surface area (Å²) in [5, 5.41) is 3.94. The molecule has 84 valence electrons. The van der Waals surface area contributed by atoms with Crippen molar-refractivity contribution in [1.29, 1.82) is 0 Å². The summed E-state index contributed by atoms with van der Waals surface area (Å²) in [4.78, 5) is 13.0. The summed E-state index contributed by atoms with van der Waals surface area (Å²) in [6.07, 6.45) is -3.01. The summed E-state index contributed by atoms with van der Waals surface area (Å²) >= 11 is 2.62. The highest BCUT2D eigenvalue weighted by Gasteiger charge is 2.19. The molecule has 1 aromatic rings. The van der Waals surface area contributed by atoms with E-state index in [2.05, 4.69) is 21.1 Å². The van der Waals surface area contributed by atoms with Crippen LogP contribution in [-0.4, -0.2) is 13.4 Å². The molecule has 0 saturated heterocycles. The summed E-state index contributed by atoms with van der Waals surface area (Å²) in [6.45, 7) is 0. The standard InChI is InChI=1S/C6H5BrF2N2O3S/c7-4-2(12)1-3(15(10,13)14)11-5(4)6(8)9/h1,6H,(H,11,12)(H2,10,13,14). The van der Waals surface area contributed by atoms with Crippen LogP contribution in [0.5, 0.6) is 0 Å². The summed E-state index contributed by atoms with van der Waals surface area (Å²) in [6, 6.07) is 0.630. The molecule has 0 bridgehead atoms. The van der Waals surface area contributed by atoms with Crippen molar-refractivity contribution in [2.45, 2.75) is 11.5 Å². The van der Waals surface area contributed by atoms with Crippen LogP contribution in [0.15, 0.2) is 20.4 Å². The Balaban J connectivity index is 3.58. The Morgan fingerprint density at radius 3 is 2.40 bits per heavy atom. The van der Waals surface area contributed by atoms with E-state index in [1.54, 1.807) is 0 Å². The molecule has 0 radical (unpaired) electrons. The number of halogens is 3. The van der Waals surface area contributed by atoms with E-state index >= 15 is 0 Å². The maximum Gasteiger partial charge on any atom is 0.279 e. The molecule has 0 fully saturated rings. The number of rotatable bonds is 2. The molecule has 3 N–H and O–H groups in total. The zero-order chi connectivity index (χ0) is 11.8. The highest BCUT2D eigenvalue weighted by molar-refractivity contribution is 9.10. The van der Waals surface area contributed by atoms with E-state index in [4.69, 9.17) is 0 Å². The number of H-pyrrole nitrogens is 1. The number of nitrogens with two attached hydrogens (primary N) is 1. The lowest BCUT2D eigenvalue weighted by Crippen LogP contribution is -2.19. The minimum atomic E-state index is -4.21. The maximum atomic E-state index is 12.3. The van der Waals surface area contributed by atoms with E-state index in [-0.39, 0.29) is 0 Å². The summed E-state index contributed by atoms with van der Waals surface area (Å²) < 4.78 is 45.9. The summed E-state index contributed by atoms with van der Waals surface area (Å²) in [7, 11) is -4.21. The third-order valence-corrected chi connectivity index (χ3v) is 3.15. The van der Waals surface area contributed by atoms with Crippen LogP contribution in [0, 0.1) is 0 Å². The van der Waals surface area contributed by atoms with Gasteiger partial charge in [-0.05, 0) is 15.9 Å². The van der Waals surface area contributed by atoms with E-state index in [0.29, 0.717) is 6.07 Å². The molecule has 0 aromatic carbocycles. The van der Waals surface area contributed by atoms with E-state index in [0.717, 1.165) is 0 Å². The van der Waals surface area contributed by atoms with Gasteiger partial charge in [0, 0.05) is 6.07 Å². The van der Waals surface area contributed by atoms with Gasteiger partial charge in [0.05, 0.1) is 4.47 Å². The van der Waals surface area contributed by atoms with E-state index in [1.807, 2.05) is 4.98 Å². The van der Waals surface area contributed by atoms with Crippen molar-refractivity contribution < 1.29 is 17.2 Å². The number of alkyl halides is 2. The smallest absolute Gasteiger partial charge is 0.279 e. The number of hydrogen-bond donors (Lipinski definition) is 2. The van der Waals surface area contributed by atoms with E-state index < -0.39 is 37.1 Å². The van der Waals surface area contributed by atoms with Crippen LogP contribution in [0.25, 0.3) is 0 Å². The van der Waals surface area contributed by atoms with Crippen molar-refractivity contribution in [2.75, 3.05) is 0 Å². The Bertz CT molecular complexity index is 540. The van der Waals surface area contributed by atoms with Crippen molar-refractivity contribution in [3.63, 3.8) is 0 Å². The second-order valence-corrected chi connectivity index (χ2v) is 4.89. The number of aromatic amines is 1. The molecule has 5 nitrogen and oxygen atoms in total. The lowest BCUT2D eigenvalue weighted by Gasteiger charge is -2.05. The second kappa shape index (κ2) is 3.99. The highest BCUT2D eigenvalue weighted by atomic mass is 79.9. The Labute approximate surface area is 91.5 Å². The molecule has 15 heavy (non-hydrogen) atoms. The minimum absolute atomic E-state index is 0.412. The van der Waals surface area contributed by atoms with Gasteiger partial charge in [0.2, 0.25) is 0 Å².